The van der Waals surface area contributed by atoms with E-state index in [1.165, 1.54) is 5.56 Å². The standard InChI is InChI=1S/C12H18N2O2/c1-2-16-11-5-3-10(4-6-11)7-8-14-9-12(13)15/h3-6,14H,2,7-9H2,1H3,(H2,13,15). The first-order valence-corrected chi connectivity index (χ1v) is 5.43. The molecule has 0 spiro atoms. The summed E-state index contributed by atoms with van der Waals surface area (Å²) < 4.78 is 5.34. The Morgan fingerprint density at radius 2 is 2.06 bits per heavy atom. The van der Waals surface area contributed by atoms with E-state index < -0.39 is 0 Å². The quantitative estimate of drug-likeness (QED) is 0.668. The Bertz CT molecular complexity index is 322. The van der Waals surface area contributed by atoms with Gasteiger partial charge in [0.1, 0.15) is 5.75 Å². The summed E-state index contributed by atoms with van der Waals surface area (Å²) in [6.07, 6.45) is 0.875. The number of carbonyl (C=O) groups is 1. The van der Waals surface area contributed by atoms with Crippen LogP contribution >= 0.6 is 0 Å². The first kappa shape index (κ1) is 12.5. The molecule has 0 unspecified atom stereocenters. The van der Waals surface area contributed by atoms with Gasteiger partial charge in [0.15, 0.2) is 0 Å². The van der Waals surface area contributed by atoms with Crippen molar-refractivity contribution in [1.29, 1.82) is 0 Å². The van der Waals surface area contributed by atoms with Crippen LogP contribution in [0.4, 0.5) is 0 Å². The highest BCUT2D eigenvalue weighted by Crippen LogP contribution is 2.11. The maximum absolute atomic E-state index is 10.5. The molecule has 0 aliphatic heterocycles. The van der Waals surface area contributed by atoms with Gasteiger partial charge in [0.25, 0.3) is 0 Å². The summed E-state index contributed by atoms with van der Waals surface area (Å²) in [5.41, 5.74) is 6.22. The largest absolute Gasteiger partial charge is 0.494 e. The summed E-state index contributed by atoms with van der Waals surface area (Å²) in [5.74, 6) is 0.558. The van der Waals surface area contributed by atoms with Crippen LogP contribution in [0.2, 0.25) is 0 Å². The first-order valence-electron chi connectivity index (χ1n) is 5.43. The lowest BCUT2D eigenvalue weighted by Crippen LogP contribution is -2.29. The number of nitrogens with one attached hydrogen (secondary N) is 1. The van der Waals surface area contributed by atoms with Crippen molar-refractivity contribution < 1.29 is 9.53 Å². The second-order valence-electron chi connectivity index (χ2n) is 3.47. The molecule has 1 rings (SSSR count). The number of ether oxygens (including phenoxy) is 1. The molecule has 4 nitrogen and oxygen atoms in total. The fourth-order valence-corrected chi connectivity index (χ4v) is 1.36. The average molecular weight is 222 g/mol. The zero-order chi connectivity index (χ0) is 11.8. The molecule has 0 fully saturated rings. The lowest BCUT2D eigenvalue weighted by Gasteiger charge is -2.05. The lowest BCUT2D eigenvalue weighted by atomic mass is 10.1. The van der Waals surface area contributed by atoms with Crippen LogP contribution in [0.25, 0.3) is 0 Å². The summed E-state index contributed by atoms with van der Waals surface area (Å²) in [4.78, 5) is 10.5. The van der Waals surface area contributed by atoms with Crippen molar-refractivity contribution in [3.05, 3.63) is 29.8 Å². The van der Waals surface area contributed by atoms with E-state index in [-0.39, 0.29) is 12.5 Å². The number of primary amides is 1. The number of rotatable bonds is 7. The van der Waals surface area contributed by atoms with E-state index in [9.17, 15) is 4.79 Å². The molecule has 88 valence electrons. The van der Waals surface area contributed by atoms with Gasteiger partial charge >= 0.3 is 0 Å². The van der Waals surface area contributed by atoms with Gasteiger partial charge in [-0.15, -0.1) is 0 Å². The van der Waals surface area contributed by atoms with Crippen LogP contribution in [-0.4, -0.2) is 25.6 Å². The Labute approximate surface area is 95.8 Å². The van der Waals surface area contributed by atoms with E-state index in [4.69, 9.17) is 10.5 Å². The molecular formula is C12H18N2O2. The Balaban J connectivity index is 2.29. The summed E-state index contributed by atoms with van der Waals surface area (Å²) in [6, 6.07) is 7.95. The van der Waals surface area contributed by atoms with Gasteiger partial charge in [0.2, 0.25) is 5.91 Å². The molecule has 0 aliphatic rings. The first-order chi connectivity index (χ1) is 7.72. The van der Waals surface area contributed by atoms with Crippen molar-refractivity contribution in [3.8, 4) is 5.75 Å². The predicted octanol–water partition coefficient (Wildman–Crippen LogP) is 0.703. The van der Waals surface area contributed by atoms with Crippen molar-refractivity contribution in [2.75, 3.05) is 19.7 Å². The van der Waals surface area contributed by atoms with Crippen LogP contribution in [0.5, 0.6) is 5.75 Å². The zero-order valence-corrected chi connectivity index (χ0v) is 9.53. The average Bonchev–Trinajstić information content (AvgIpc) is 2.27. The molecule has 16 heavy (non-hydrogen) atoms. The molecule has 0 bridgehead atoms. The van der Waals surface area contributed by atoms with Crippen LogP contribution in [-0.2, 0) is 11.2 Å². The minimum atomic E-state index is -0.327. The van der Waals surface area contributed by atoms with Crippen LogP contribution < -0.4 is 15.8 Å². The van der Waals surface area contributed by atoms with Gasteiger partial charge in [0, 0.05) is 0 Å². The molecular weight excluding hydrogens is 204 g/mol. The minimum Gasteiger partial charge on any atom is -0.494 e. The van der Waals surface area contributed by atoms with Crippen molar-refractivity contribution in [2.24, 2.45) is 5.73 Å². The molecule has 0 radical (unpaired) electrons. The maximum atomic E-state index is 10.5. The highest BCUT2D eigenvalue weighted by atomic mass is 16.5. The number of benzene rings is 1. The van der Waals surface area contributed by atoms with E-state index in [0.717, 1.165) is 18.7 Å². The normalized spacial score (nSPS) is 10.1. The molecule has 1 aromatic carbocycles. The second kappa shape index (κ2) is 6.85. The Morgan fingerprint density at radius 3 is 2.62 bits per heavy atom. The topological polar surface area (TPSA) is 64.3 Å². The molecule has 4 heteroatoms. The van der Waals surface area contributed by atoms with Crippen LogP contribution in [0, 0.1) is 0 Å². The van der Waals surface area contributed by atoms with Crippen LogP contribution in [0.1, 0.15) is 12.5 Å². The van der Waals surface area contributed by atoms with E-state index in [1.54, 1.807) is 0 Å². The van der Waals surface area contributed by atoms with E-state index in [1.807, 2.05) is 31.2 Å². The summed E-state index contributed by atoms with van der Waals surface area (Å²) in [6.45, 7) is 3.62. The molecule has 0 saturated heterocycles. The Kier molecular flexibility index (Phi) is 5.36. The van der Waals surface area contributed by atoms with Crippen LogP contribution in [0.3, 0.4) is 0 Å². The lowest BCUT2D eigenvalue weighted by molar-refractivity contribution is -0.117. The molecule has 1 amide bonds. The van der Waals surface area contributed by atoms with E-state index in [2.05, 4.69) is 5.32 Å². The molecule has 1 aromatic rings. The highest BCUT2D eigenvalue weighted by Gasteiger charge is 1.96. The fourth-order valence-electron chi connectivity index (χ4n) is 1.36. The monoisotopic (exact) mass is 222 g/mol. The van der Waals surface area contributed by atoms with Gasteiger partial charge < -0.3 is 15.8 Å². The maximum Gasteiger partial charge on any atom is 0.231 e. The minimum absolute atomic E-state index is 0.233. The molecule has 0 atom stereocenters. The van der Waals surface area contributed by atoms with Gasteiger partial charge in [-0.3, -0.25) is 4.79 Å². The number of hydrogen-bond acceptors (Lipinski definition) is 3. The molecule has 0 aromatic heterocycles. The van der Waals surface area contributed by atoms with Gasteiger partial charge in [-0.05, 0) is 37.6 Å². The summed E-state index contributed by atoms with van der Waals surface area (Å²) in [7, 11) is 0. The third kappa shape index (κ3) is 4.79. The molecule has 3 N–H and O–H groups in total. The van der Waals surface area contributed by atoms with Gasteiger partial charge in [0.05, 0.1) is 13.2 Å². The van der Waals surface area contributed by atoms with Gasteiger partial charge in [-0.25, -0.2) is 0 Å². The van der Waals surface area contributed by atoms with E-state index in [0.29, 0.717) is 6.61 Å². The fraction of sp³-hybridized carbons (Fsp3) is 0.417. The van der Waals surface area contributed by atoms with E-state index >= 15 is 0 Å². The Morgan fingerprint density at radius 1 is 1.38 bits per heavy atom. The molecule has 0 saturated carbocycles. The van der Waals surface area contributed by atoms with Gasteiger partial charge in [-0.2, -0.15) is 0 Å². The number of nitrogens with two attached hydrogens (primary N) is 1. The molecule has 0 aliphatic carbocycles. The summed E-state index contributed by atoms with van der Waals surface area (Å²) >= 11 is 0. The zero-order valence-electron chi connectivity index (χ0n) is 9.53. The number of hydrogen-bond donors (Lipinski definition) is 2. The van der Waals surface area contributed by atoms with Crippen molar-refractivity contribution >= 4 is 5.91 Å². The van der Waals surface area contributed by atoms with Crippen molar-refractivity contribution in [3.63, 3.8) is 0 Å². The smallest absolute Gasteiger partial charge is 0.231 e. The SMILES string of the molecule is CCOc1ccc(CCNCC(N)=O)cc1. The Hall–Kier alpha value is -1.55. The van der Waals surface area contributed by atoms with Gasteiger partial charge in [-0.1, -0.05) is 12.1 Å². The van der Waals surface area contributed by atoms with Crippen molar-refractivity contribution in [2.45, 2.75) is 13.3 Å². The van der Waals surface area contributed by atoms with Crippen molar-refractivity contribution in [1.82, 2.24) is 5.32 Å². The summed E-state index contributed by atoms with van der Waals surface area (Å²) in [5, 5.41) is 2.97. The number of carbonyl (C=O) groups excluding carboxylic acids is 1. The third-order valence-electron chi connectivity index (χ3n) is 2.12. The second-order valence-corrected chi connectivity index (χ2v) is 3.47. The van der Waals surface area contributed by atoms with Crippen LogP contribution in [0.15, 0.2) is 24.3 Å². The number of amides is 1. The highest BCUT2D eigenvalue weighted by molar-refractivity contribution is 5.75. The molecule has 0 heterocycles. The third-order valence-corrected chi connectivity index (χ3v) is 2.12. The predicted molar refractivity (Wildman–Crippen MR) is 63.4 cm³/mol.